The van der Waals surface area contributed by atoms with Gasteiger partial charge < -0.3 is 18.6 Å². The number of aromatic nitrogens is 1. The number of nitrogens with zero attached hydrogens (tertiary/aromatic N) is 1. The van der Waals surface area contributed by atoms with Gasteiger partial charge >= 0.3 is 0 Å². The van der Waals surface area contributed by atoms with Gasteiger partial charge in [-0.15, -0.1) is 0 Å². The van der Waals surface area contributed by atoms with Crippen molar-refractivity contribution in [2.24, 2.45) is 0 Å². The Hall–Kier alpha value is -7.79. The van der Waals surface area contributed by atoms with Crippen LogP contribution in [0.4, 0.5) is 0 Å². The fourth-order valence-corrected chi connectivity index (χ4v) is 10.2. The molecule has 0 saturated carbocycles. The van der Waals surface area contributed by atoms with Gasteiger partial charge in [-0.25, -0.2) is 0 Å². The monoisotopic (exact) mass is 1010 g/mol. The number of ether oxygens (including phenoxy) is 3. The molecule has 6 aromatic carbocycles. The van der Waals surface area contributed by atoms with E-state index in [2.05, 4.69) is 56.3 Å². The zero-order valence-electron chi connectivity index (χ0n) is 44.6. The third-order valence-corrected chi connectivity index (χ3v) is 14.4. The second-order valence-corrected chi connectivity index (χ2v) is 20.3. The second-order valence-electron chi connectivity index (χ2n) is 20.3. The van der Waals surface area contributed by atoms with Gasteiger partial charge in [0.2, 0.25) is 0 Å². The minimum absolute atomic E-state index is 0.302. The second kappa shape index (κ2) is 26.1. The predicted octanol–water partition coefficient (Wildman–Crippen LogP) is 15.4. The van der Waals surface area contributed by atoms with Crippen LogP contribution in [-0.4, -0.2) is 24.2 Å². The Bertz CT molecular complexity index is 3260. The van der Waals surface area contributed by atoms with Crippen molar-refractivity contribution in [1.82, 2.24) is 4.40 Å². The van der Waals surface area contributed by atoms with Gasteiger partial charge in [0, 0.05) is 65.7 Å². The minimum atomic E-state index is -0.302. The highest BCUT2D eigenvalue weighted by Gasteiger charge is 2.24. The Morgan fingerprint density at radius 2 is 0.526 bits per heavy atom. The van der Waals surface area contributed by atoms with E-state index < -0.39 is 0 Å². The summed E-state index contributed by atoms with van der Waals surface area (Å²) >= 11 is 0. The van der Waals surface area contributed by atoms with Crippen LogP contribution in [0.1, 0.15) is 170 Å². The van der Waals surface area contributed by atoms with E-state index in [1.807, 2.05) is 77.2 Å². The van der Waals surface area contributed by atoms with Crippen LogP contribution in [0, 0.1) is 35.5 Å². The number of unbranched alkanes of at least 4 members (excludes halogenated alkanes) is 15. The SMILES string of the molecule is CCCCCCCCOc1ccc(C#Cc2cc3c(=O)c4cc(C#Cc5ccc(OCCCCCCCC)cc5)cc5c(=O)c6cc(C#Cc7ccc(OCCCCCCCC)cc7)cc7c(=O)c(c2)c3n(c45)c76)cc1. The summed E-state index contributed by atoms with van der Waals surface area (Å²) < 4.78 is 20.0. The average Bonchev–Trinajstić information content (AvgIpc) is 3.49. The topological polar surface area (TPSA) is 83.3 Å². The molecule has 0 fully saturated rings. The van der Waals surface area contributed by atoms with Gasteiger partial charge in [-0.1, -0.05) is 153 Å². The maximum absolute atomic E-state index is 14.9. The van der Waals surface area contributed by atoms with E-state index in [-0.39, 0.29) is 16.3 Å². The molecule has 0 aliphatic heterocycles. The van der Waals surface area contributed by atoms with Crippen molar-refractivity contribution in [2.45, 2.75) is 136 Å². The first-order valence-corrected chi connectivity index (χ1v) is 28.1. The average molecular weight is 1010 g/mol. The molecule has 76 heavy (non-hydrogen) atoms. The van der Waals surface area contributed by atoms with E-state index in [0.29, 0.717) is 85.4 Å². The lowest BCUT2D eigenvalue weighted by atomic mass is 9.94. The van der Waals surface area contributed by atoms with Crippen LogP contribution in [0.2, 0.25) is 0 Å². The Kier molecular flexibility index (Phi) is 18.2. The molecule has 386 valence electrons. The quantitative estimate of drug-likeness (QED) is 0.0260. The van der Waals surface area contributed by atoms with Crippen LogP contribution in [0.15, 0.2) is 124 Å². The minimum Gasteiger partial charge on any atom is -0.494 e. The van der Waals surface area contributed by atoms with Crippen molar-refractivity contribution in [3.63, 3.8) is 0 Å². The van der Waals surface area contributed by atoms with Gasteiger partial charge in [-0.3, -0.25) is 14.4 Å². The molecule has 0 aliphatic carbocycles. The largest absolute Gasteiger partial charge is 0.494 e. The third-order valence-electron chi connectivity index (χ3n) is 14.4. The number of hydrogen-bond acceptors (Lipinski definition) is 6. The number of benzene rings is 6. The van der Waals surface area contributed by atoms with Gasteiger partial charge in [0.15, 0.2) is 16.3 Å². The van der Waals surface area contributed by atoms with Gasteiger partial charge in [0.1, 0.15) is 17.2 Å². The van der Waals surface area contributed by atoms with Gasteiger partial charge in [-0.05, 0) is 128 Å². The first-order valence-electron chi connectivity index (χ1n) is 28.1. The predicted molar refractivity (Wildman–Crippen MR) is 314 cm³/mol. The van der Waals surface area contributed by atoms with E-state index in [9.17, 15) is 14.4 Å². The first-order chi connectivity index (χ1) is 37.3. The Morgan fingerprint density at radius 3 is 0.776 bits per heavy atom. The Labute approximate surface area is 447 Å². The molecule has 0 atom stereocenters. The smallest absolute Gasteiger partial charge is 0.197 e. The summed E-state index contributed by atoms with van der Waals surface area (Å²) in [5.41, 5.74) is 4.33. The van der Waals surface area contributed by atoms with Crippen LogP contribution < -0.4 is 30.5 Å². The third kappa shape index (κ3) is 12.8. The van der Waals surface area contributed by atoms with E-state index in [0.717, 1.165) is 72.5 Å². The lowest BCUT2D eigenvalue weighted by Crippen LogP contribution is -2.19. The molecule has 0 spiro atoms. The summed E-state index contributed by atoms with van der Waals surface area (Å²) in [5, 5.41) is 2.02. The summed E-state index contributed by atoms with van der Waals surface area (Å²) in [5.74, 6) is 21.9. The molecule has 9 rings (SSSR count). The molecule has 3 aromatic heterocycles. The van der Waals surface area contributed by atoms with Crippen molar-refractivity contribution in [3.8, 4) is 52.8 Å². The molecule has 0 saturated heterocycles. The summed E-state index contributed by atoms with van der Waals surface area (Å²) in [6.45, 7) is 8.70. The zero-order valence-corrected chi connectivity index (χ0v) is 44.6. The number of pyridine rings is 3. The Balaban J connectivity index is 1.07. The van der Waals surface area contributed by atoms with Crippen LogP contribution >= 0.6 is 0 Å². The highest BCUT2D eigenvalue weighted by Crippen LogP contribution is 2.34. The number of rotatable bonds is 24. The lowest BCUT2D eigenvalue weighted by molar-refractivity contribution is 0.304. The molecule has 7 heteroatoms. The number of hydrogen-bond donors (Lipinski definition) is 0. The molecule has 9 aromatic rings. The van der Waals surface area contributed by atoms with E-state index in [1.54, 1.807) is 36.4 Å². The Morgan fingerprint density at radius 1 is 0.303 bits per heavy atom. The molecule has 0 bridgehead atoms. The molecule has 3 heterocycles. The van der Waals surface area contributed by atoms with Crippen LogP contribution in [0.3, 0.4) is 0 Å². The summed E-state index contributed by atoms with van der Waals surface area (Å²) in [4.78, 5) is 44.8. The fourth-order valence-electron chi connectivity index (χ4n) is 10.2. The van der Waals surface area contributed by atoms with Crippen LogP contribution in [0.5, 0.6) is 17.2 Å². The molecule has 7 nitrogen and oxygen atoms in total. The maximum atomic E-state index is 14.9. The molecule has 0 N–H and O–H groups in total. The highest BCUT2D eigenvalue weighted by atomic mass is 16.5. The summed E-state index contributed by atoms with van der Waals surface area (Å²) in [6.07, 6.45) is 21.6. The fraction of sp³-hybridized carbons (Fsp3) is 0.348. The van der Waals surface area contributed by atoms with Crippen molar-refractivity contribution in [1.29, 1.82) is 0 Å². The lowest BCUT2D eigenvalue weighted by Gasteiger charge is -2.19. The van der Waals surface area contributed by atoms with E-state index in [4.69, 9.17) is 14.2 Å². The highest BCUT2D eigenvalue weighted by molar-refractivity contribution is 6.17. The summed E-state index contributed by atoms with van der Waals surface area (Å²) in [6, 6.07) is 33.7. The molecule has 0 radical (unpaired) electrons. The van der Waals surface area contributed by atoms with Crippen molar-refractivity contribution in [2.75, 3.05) is 19.8 Å². The van der Waals surface area contributed by atoms with E-state index >= 15 is 0 Å². The first kappa shape index (κ1) is 53.1. The molecular weight excluding hydrogens is 939 g/mol. The van der Waals surface area contributed by atoms with Crippen molar-refractivity contribution < 1.29 is 14.2 Å². The standard InChI is InChI=1S/C69H69NO6/c1-4-7-10-13-16-19-40-74-55-34-28-49(29-35-55)22-25-52-43-58-64-59(44-52)68(72)61-46-54(27-24-51-32-38-57(39-33-51)76-42-21-18-15-12-9-6-3)48-63-66(61)70(64)65-60(67(58)71)45-53(47-62(65)69(63)73)26-23-50-30-36-56(37-31-50)75-41-20-17-14-11-8-5-2/h28-39,43-48H,4-21,40-42H2,1-3H3. The maximum Gasteiger partial charge on any atom is 0.197 e. The molecular formula is C69H69NO6. The molecule has 0 amide bonds. The summed E-state index contributed by atoms with van der Waals surface area (Å²) in [7, 11) is 0. The van der Waals surface area contributed by atoms with Gasteiger partial charge in [0.25, 0.3) is 0 Å². The normalized spacial score (nSPS) is 11.2. The van der Waals surface area contributed by atoms with Crippen molar-refractivity contribution in [3.05, 3.63) is 173 Å². The van der Waals surface area contributed by atoms with Crippen LogP contribution in [-0.2, 0) is 0 Å². The molecule has 0 aliphatic rings. The van der Waals surface area contributed by atoms with Crippen LogP contribution in [0.25, 0.3) is 48.9 Å². The van der Waals surface area contributed by atoms with Gasteiger partial charge in [-0.2, -0.15) is 0 Å². The van der Waals surface area contributed by atoms with E-state index in [1.165, 1.54) is 77.0 Å². The van der Waals surface area contributed by atoms with Gasteiger partial charge in [0.05, 0.1) is 36.4 Å². The van der Waals surface area contributed by atoms with Crippen molar-refractivity contribution >= 4 is 48.9 Å². The molecule has 0 unspecified atom stereocenters. The zero-order chi connectivity index (χ0) is 52.6.